The second kappa shape index (κ2) is 10.1. The van der Waals surface area contributed by atoms with Crippen LogP contribution in [0, 0.1) is 0 Å². The molecule has 1 saturated carbocycles. The Morgan fingerprint density at radius 3 is 2.69 bits per heavy atom. The molecule has 2 aromatic rings. The smallest absolute Gasteiger partial charge is 0.439 e. The fourth-order valence-corrected chi connectivity index (χ4v) is 5.30. The van der Waals surface area contributed by atoms with Crippen molar-refractivity contribution in [1.82, 2.24) is 30.6 Å². The Bertz CT molecular complexity index is 1190. The van der Waals surface area contributed by atoms with Crippen molar-refractivity contribution in [3.05, 3.63) is 54.1 Å². The summed E-state index contributed by atoms with van der Waals surface area (Å²) in [4.78, 5) is 28.4. The van der Waals surface area contributed by atoms with Crippen molar-refractivity contribution in [2.45, 2.75) is 38.1 Å². The molecule has 1 unspecified atom stereocenters. The van der Waals surface area contributed by atoms with Gasteiger partial charge in [-0.25, -0.2) is 4.68 Å². The normalized spacial score (nSPS) is 20.3. The first-order valence-corrected chi connectivity index (χ1v) is 12.9. The molecule has 3 heterocycles. The molecule has 12 heteroatoms. The van der Waals surface area contributed by atoms with E-state index in [4.69, 9.17) is 0 Å². The third-order valence-corrected chi connectivity index (χ3v) is 7.13. The van der Waals surface area contributed by atoms with Crippen LogP contribution in [0.25, 0.3) is 11.4 Å². The fourth-order valence-electron chi connectivity index (χ4n) is 4.95. The Labute approximate surface area is 204 Å². The number of phenols is 1. The van der Waals surface area contributed by atoms with Gasteiger partial charge in [-0.3, -0.25) is 20.5 Å². The molecule has 11 nitrogen and oxygen atoms in total. The number of rotatable bonds is 6. The van der Waals surface area contributed by atoms with Crippen LogP contribution in [-0.4, -0.2) is 51.4 Å². The minimum absolute atomic E-state index is 0.0326. The molecule has 1 aliphatic carbocycles. The summed E-state index contributed by atoms with van der Waals surface area (Å²) in [5.41, 5.74) is 7.83. The van der Waals surface area contributed by atoms with Crippen LogP contribution in [0.2, 0.25) is 0 Å². The molecule has 4 N–H and O–H groups in total. The zero-order valence-electron chi connectivity index (χ0n) is 19.2. The first kappa shape index (κ1) is 23.3. The lowest BCUT2D eigenvalue weighted by molar-refractivity contribution is -0.166. The number of carbonyl (C=O) groups is 1. The van der Waals surface area contributed by atoms with E-state index in [9.17, 15) is 19.4 Å². The second-order valence-electron chi connectivity index (χ2n) is 8.91. The standard InChI is InChI=1S/C23H28N7O4P/c31-21-9-5-4-8-18(21)19-12-20(23(26-25-19)27-35(33)34)30-14-17(13-24-30)29-11-10-28(15-22(29)32)16-6-2-1-3-7-16/h4-5,8-9,12-14,16,25-26,31H,1-3,6-7,10-11,15H2,(H,27,33,34). The summed E-state index contributed by atoms with van der Waals surface area (Å²) in [6.45, 7) is 1.79. The van der Waals surface area contributed by atoms with Gasteiger partial charge < -0.3 is 14.9 Å². The number of nitrogens with one attached hydrogen (secondary N) is 3. The number of phenolic OH excluding ortho intramolecular Hbond substituents is 1. The van der Waals surface area contributed by atoms with Gasteiger partial charge in [0.15, 0.2) is 5.82 Å². The number of aromatic nitrogens is 2. The molecule has 0 bridgehead atoms. The lowest BCUT2D eigenvalue weighted by atomic mass is 9.94. The van der Waals surface area contributed by atoms with Gasteiger partial charge in [-0.15, -0.1) is 0 Å². The number of allylic oxidation sites excluding steroid dienone is 2. The monoisotopic (exact) mass is 497 g/mol. The molecule has 1 aromatic heterocycles. The van der Waals surface area contributed by atoms with Crippen LogP contribution in [-0.2, 0) is 9.36 Å². The van der Waals surface area contributed by atoms with Crippen molar-refractivity contribution in [2.24, 2.45) is 0 Å². The molecular weight excluding hydrogens is 469 g/mol. The average molecular weight is 497 g/mol. The van der Waals surface area contributed by atoms with Gasteiger partial charge in [-0.2, -0.15) is 10.2 Å². The van der Waals surface area contributed by atoms with E-state index in [0.717, 1.165) is 19.4 Å². The van der Waals surface area contributed by atoms with E-state index in [2.05, 4.69) is 25.9 Å². The number of aromatic hydroxyl groups is 1. The first-order chi connectivity index (χ1) is 17.0. The molecule has 35 heavy (non-hydrogen) atoms. The van der Waals surface area contributed by atoms with Crippen molar-refractivity contribution in [2.75, 3.05) is 24.5 Å². The van der Waals surface area contributed by atoms with E-state index in [0.29, 0.717) is 41.8 Å². The highest BCUT2D eigenvalue weighted by atomic mass is 31.1. The molecule has 0 spiro atoms. The van der Waals surface area contributed by atoms with E-state index in [1.54, 1.807) is 47.6 Å². The molecule has 2 fully saturated rings. The SMILES string of the molecule is O=C1CN(C2CCCCC2)CCN1c1cnn(C2=C(N[P+](=O)[O-])NNC(c3ccccc3O)=C2)c1. The van der Waals surface area contributed by atoms with Crippen LogP contribution in [0.15, 0.2) is 48.6 Å². The summed E-state index contributed by atoms with van der Waals surface area (Å²) >= 11 is 0. The summed E-state index contributed by atoms with van der Waals surface area (Å²) in [6, 6.07) is 7.29. The number of para-hydroxylation sites is 1. The third kappa shape index (κ3) is 5.02. The minimum Gasteiger partial charge on any atom is -0.573 e. The predicted octanol–water partition coefficient (Wildman–Crippen LogP) is 1.45. The topological polar surface area (TPSA) is 138 Å². The van der Waals surface area contributed by atoms with Crippen molar-refractivity contribution in [3.8, 4) is 5.75 Å². The van der Waals surface area contributed by atoms with Crippen molar-refractivity contribution in [3.63, 3.8) is 0 Å². The molecule has 5 rings (SSSR count). The largest absolute Gasteiger partial charge is 0.573 e. The summed E-state index contributed by atoms with van der Waals surface area (Å²) in [5, 5.41) is 17.0. The van der Waals surface area contributed by atoms with E-state index >= 15 is 0 Å². The highest BCUT2D eigenvalue weighted by Gasteiger charge is 2.31. The number of hydrazine groups is 1. The summed E-state index contributed by atoms with van der Waals surface area (Å²) in [6.07, 6.45) is 11.0. The first-order valence-electron chi connectivity index (χ1n) is 11.8. The van der Waals surface area contributed by atoms with Gasteiger partial charge in [0.1, 0.15) is 11.4 Å². The highest BCUT2D eigenvalue weighted by Crippen LogP contribution is 2.29. The summed E-state index contributed by atoms with van der Waals surface area (Å²) < 4.78 is 12.9. The molecule has 2 aliphatic heterocycles. The van der Waals surface area contributed by atoms with Crippen LogP contribution in [0.1, 0.15) is 37.7 Å². The maximum Gasteiger partial charge on any atom is 0.439 e. The summed E-state index contributed by atoms with van der Waals surface area (Å²) in [7, 11) is -2.94. The van der Waals surface area contributed by atoms with Gasteiger partial charge in [0.05, 0.1) is 30.3 Å². The van der Waals surface area contributed by atoms with Gasteiger partial charge in [-0.1, -0.05) is 31.4 Å². The molecule has 1 atom stereocenters. The molecular formula is C23H28N7O4P. The Kier molecular flexibility index (Phi) is 6.72. The number of benzene rings is 1. The Morgan fingerprint density at radius 1 is 1.14 bits per heavy atom. The maximum absolute atomic E-state index is 13.0. The number of amides is 1. The average Bonchev–Trinajstić information content (AvgIpc) is 3.35. The Balaban J connectivity index is 1.39. The van der Waals surface area contributed by atoms with Crippen LogP contribution >= 0.6 is 8.18 Å². The highest BCUT2D eigenvalue weighted by molar-refractivity contribution is 7.34. The Hall–Kier alpha value is -3.40. The molecule has 0 radical (unpaired) electrons. The van der Waals surface area contributed by atoms with Crippen LogP contribution < -0.4 is 25.7 Å². The van der Waals surface area contributed by atoms with Crippen LogP contribution in [0.4, 0.5) is 5.69 Å². The minimum atomic E-state index is -2.94. The van der Waals surface area contributed by atoms with Gasteiger partial charge in [-0.05, 0) is 35.6 Å². The molecule has 1 aromatic carbocycles. The van der Waals surface area contributed by atoms with E-state index in [1.807, 2.05) is 0 Å². The van der Waals surface area contributed by atoms with Crippen molar-refractivity contribution >= 4 is 31.2 Å². The van der Waals surface area contributed by atoms with Crippen molar-refractivity contribution < 1.29 is 19.4 Å². The zero-order valence-corrected chi connectivity index (χ0v) is 20.1. The lowest BCUT2D eigenvalue weighted by Gasteiger charge is -2.39. The van der Waals surface area contributed by atoms with Crippen LogP contribution in [0.3, 0.4) is 0 Å². The number of carbonyl (C=O) groups excluding carboxylic acids is 1. The number of piperazine rings is 1. The number of hydrogen-bond donors (Lipinski definition) is 4. The van der Waals surface area contributed by atoms with Gasteiger partial charge in [0.2, 0.25) is 5.91 Å². The van der Waals surface area contributed by atoms with E-state index in [1.165, 1.54) is 23.9 Å². The molecule has 1 saturated heterocycles. The van der Waals surface area contributed by atoms with E-state index < -0.39 is 8.18 Å². The molecule has 1 amide bonds. The third-order valence-electron chi connectivity index (χ3n) is 6.73. The van der Waals surface area contributed by atoms with Crippen molar-refractivity contribution in [1.29, 1.82) is 0 Å². The predicted molar refractivity (Wildman–Crippen MR) is 129 cm³/mol. The number of anilines is 1. The summed E-state index contributed by atoms with van der Waals surface area (Å²) in [5.74, 6) is 0.273. The van der Waals surface area contributed by atoms with Gasteiger partial charge >= 0.3 is 8.18 Å². The molecule has 3 aliphatic rings. The lowest BCUT2D eigenvalue weighted by Crippen LogP contribution is -2.54. The van der Waals surface area contributed by atoms with Gasteiger partial charge in [0, 0.05) is 24.7 Å². The second-order valence-corrected chi connectivity index (χ2v) is 9.64. The maximum atomic E-state index is 13.0. The number of hydrogen-bond acceptors (Lipinski definition) is 8. The number of nitrogens with zero attached hydrogens (tertiary/aromatic N) is 4. The zero-order chi connectivity index (χ0) is 24.4. The fraction of sp³-hybridized carbons (Fsp3) is 0.391. The van der Waals surface area contributed by atoms with E-state index in [-0.39, 0.29) is 17.5 Å². The van der Waals surface area contributed by atoms with Crippen LogP contribution in [0.5, 0.6) is 5.75 Å². The molecule has 184 valence electrons. The Morgan fingerprint density at radius 2 is 1.94 bits per heavy atom. The quantitative estimate of drug-likeness (QED) is 0.437. The van der Waals surface area contributed by atoms with Gasteiger partial charge in [0.25, 0.3) is 0 Å².